The Morgan fingerprint density at radius 1 is 0.218 bits per heavy atom. The van der Waals surface area contributed by atoms with Crippen LogP contribution in [-0.2, 0) is 43.3 Å². The van der Waals surface area contributed by atoms with Crippen molar-refractivity contribution in [1.29, 1.82) is 0 Å². The molecule has 0 fully saturated rings. The highest BCUT2D eigenvalue weighted by Gasteiger charge is 2.40. The molecule has 16 rings (SSSR count). The topological polar surface area (TPSA) is 59.0 Å². The first-order chi connectivity index (χ1) is 47.1. The van der Waals surface area contributed by atoms with E-state index in [0.717, 1.165) is 155 Å². The molecule has 0 bridgehead atoms. The lowest BCUT2D eigenvalue weighted by molar-refractivity contribution is 0.568. The summed E-state index contributed by atoms with van der Waals surface area (Å²) in [6.07, 6.45) is 0. The van der Waals surface area contributed by atoms with Crippen molar-refractivity contribution in [3.63, 3.8) is 0 Å². The van der Waals surface area contributed by atoms with Crippen molar-refractivity contribution in [2.75, 3.05) is 9.80 Å². The molecule has 512 valence electrons. The van der Waals surface area contributed by atoms with Crippen LogP contribution >= 0.6 is 0 Å². The maximum absolute atomic E-state index is 7.63. The lowest BCUT2D eigenvalue weighted by atomic mass is 9.79. The highest BCUT2D eigenvalue weighted by atomic mass is 16.3. The zero-order valence-electron chi connectivity index (χ0n) is 64.0. The molecular weight excluding hydrogens is 1230 g/mol. The summed E-state index contributed by atoms with van der Waals surface area (Å²) in [5.41, 5.74) is 31.0. The molecule has 10 aromatic carbocycles. The predicted molar refractivity (Wildman–Crippen MR) is 429 cm³/mol. The number of hydrogen-bond acceptors (Lipinski definition) is 6. The fourth-order valence-corrected chi connectivity index (χ4v) is 15.6. The van der Waals surface area contributed by atoms with Gasteiger partial charge in [-0.05, 0) is 209 Å². The van der Waals surface area contributed by atoms with Crippen LogP contribution in [0.5, 0.6) is 0 Å². The lowest BCUT2D eigenvalue weighted by Gasteiger charge is -2.37. The number of anilines is 6. The van der Waals surface area contributed by atoms with Gasteiger partial charge in [0.05, 0.1) is 45.0 Å². The zero-order valence-corrected chi connectivity index (χ0v) is 64.0. The van der Waals surface area contributed by atoms with Crippen molar-refractivity contribution in [2.24, 2.45) is 0 Å². The Morgan fingerprint density at radius 2 is 0.426 bits per heavy atom. The second-order valence-electron chi connectivity index (χ2n) is 37.7. The van der Waals surface area contributed by atoms with Gasteiger partial charge in [-0.2, -0.15) is 0 Å². The third-order valence-electron chi connectivity index (χ3n) is 22.0. The Bertz CT molecular complexity index is 5240. The van der Waals surface area contributed by atoms with Gasteiger partial charge < -0.3 is 27.5 Å². The van der Waals surface area contributed by atoms with Crippen molar-refractivity contribution in [1.82, 2.24) is 0 Å². The Kier molecular flexibility index (Phi) is 14.1. The molecule has 0 radical (unpaired) electrons. The number of nitrogens with zero attached hydrogens (tertiary/aromatic N) is 2. The van der Waals surface area contributed by atoms with E-state index in [1.54, 1.807) is 0 Å². The number of hydrogen-bond donors (Lipinski definition) is 0. The molecule has 0 spiro atoms. The average molecular weight is 1330 g/mol. The van der Waals surface area contributed by atoms with E-state index in [-0.39, 0.29) is 43.3 Å². The van der Waals surface area contributed by atoms with Gasteiger partial charge in [-0.3, -0.25) is 0 Å². The van der Waals surface area contributed by atoms with Crippen LogP contribution in [0.1, 0.15) is 233 Å². The van der Waals surface area contributed by atoms with Gasteiger partial charge in [-0.25, -0.2) is 0 Å². The van der Waals surface area contributed by atoms with E-state index in [9.17, 15) is 0 Å². The second kappa shape index (κ2) is 21.5. The van der Waals surface area contributed by atoms with Crippen molar-refractivity contribution >= 4 is 133 Å². The summed E-state index contributed by atoms with van der Waals surface area (Å²) < 4.78 is 30.5. The van der Waals surface area contributed by atoms with Crippen LogP contribution < -0.4 is 9.80 Å². The molecule has 0 N–H and O–H groups in total. The standard InChI is InChI=1S/C95H98N2O4/c1-88(2,3)52-25-37-76-66(47-52)62-29-33-72-80(84(62)98-76)70(81-73(96(72)60-43-56(92(13,14)15)41-57(44-60)93(16,17)18)34-30-63-67-48-53(89(4,5)6)26-38-77(67)99-85(63)81)51-71-82-74(35-31-64-68-49-54(90(7,8)9)27-39-78(68)100-86(64)82)97(61-45-58(94(19,20)21)42-59(46-61)95(22,23)24)75-36-32-65-69-50-55(91(10,11)12)28-40-79(69)101-87(65)83(71)75/h25-50H,1-24H3. The van der Waals surface area contributed by atoms with Crippen LogP contribution in [0.3, 0.4) is 0 Å². The lowest BCUT2D eigenvalue weighted by Crippen LogP contribution is -2.22. The van der Waals surface area contributed by atoms with Crippen molar-refractivity contribution < 1.29 is 17.7 Å². The molecule has 6 heterocycles. The summed E-state index contributed by atoms with van der Waals surface area (Å²) >= 11 is 0. The van der Waals surface area contributed by atoms with Gasteiger partial charge in [0.25, 0.3) is 0 Å². The maximum atomic E-state index is 7.63. The first kappa shape index (κ1) is 66.1. The molecule has 6 heteroatoms. The maximum Gasteiger partial charge on any atom is 0.146 e. The summed E-state index contributed by atoms with van der Waals surface area (Å²) in [5.74, 6) is 0. The predicted octanol–water partition coefficient (Wildman–Crippen LogP) is 28.4. The number of benzene rings is 10. The van der Waals surface area contributed by atoms with Crippen LogP contribution in [0.15, 0.2) is 181 Å². The van der Waals surface area contributed by atoms with E-state index >= 15 is 0 Å². The first-order valence-electron chi connectivity index (χ1n) is 36.5. The number of fused-ring (bicyclic) bond motifs is 20. The molecule has 2 aliphatic heterocycles. The smallest absolute Gasteiger partial charge is 0.146 e. The van der Waals surface area contributed by atoms with Gasteiger partial charge in [0, 0.05) is 65.6 Å². The molecular formula is C95H98N2O4. The molecule has 0 unspecified atom stereocenters. The molecule has 0 saturated heterocycles. The van der Waals surface area contributed by atoms with Crippen molar-refractivity contribution in [2.45, 2.75) is 209 Å². The second-order valence-corrected chi connectivity index (χ2v) is 37.7. The monoisotopic (exact) mass is 1330 g/mol. The normalized spacial score (nSPS) is 14.4. The molecule has 0 atom stereocenters. The van der Waals surface area contributed by atoms with Crippen LogP contribution in [0, 0.1) is 0 Å². The first-order valence-corrected chi connectivity index (χ1v) is 36.5. The summed E-state index contributed by atoms with van der Waals surface area (Å²) in [6, 6.07) is 60.2. The van der Waals surface area contributed by atoms with Crippen LogP contribution in [-0.4, -0.2) is 0 Å². The molecule has 2 aliphatic rings. The van der Waals surface area contributed by atoms with E-state index in [1.165, 1.54) is 44.5 Å². The fraction of sp³-hybridized carbons (Fsp3) is 0.337. The van der Waals surface area contributed by atoms with Crippen LogP contribution in [0.2, 0.25) is 0 Å². The van der Waals surface area contributed by atoms with Crippen LogP contribution in [0.4, 0.5) is 34.1 Å². The molecule has 0 aliphatic carbocycles. The Hall–Kier alpha value is -9.48. The van der Waals surface area contributed by atoms with E-state index in [0.29, 0.717) is 0 Å². The minimum absolute atomic E-state index is 0.121. The highest BCUT2D eigenvalue weighted by molar-refractivity contribution is 6.24. The van der Waals surface area contributed by atoms with Crippen LogP contribution in [0.25, 0.3) is 98.9 Å². The van der Waals surface area contributed by atoms with E-state index < -0.39 is 0 Å². The summed E-state index contributed by atoms with van der Waals surface area (Å²) in [6.45, 7) is 55.4. The summed E-state index contributed by atoms with van der Waals surface area (Å²) in [4.78, 5) is 5.00. The molecule has 14 aromatic rings. The average Bonchev–Trinajstić information content (AvgIpc) is 1.66. The third kappa shape index (κ3) is 10.6. The Balaban J connectivity index is 1.17. The molecule has 0 saturated carbocycles. The van der Waals surface area contributed by atoms with Crippen molar-refractivity contribution in [3.8, 4) is 0 Å². The van der Waals surface area contributed by atoms with E-state index in [4.69, 9.17) is 17.7 Å². The molecule has 6 nitrogen and oxygen atoms in total. The quantitative estimate of drug-likeness (QED) is 0.161. The van der Waals surface area contributed by atoms with Gasteiger partial charge in [0.2, 0.25) is 0 Å². The van der Waals surface area contributed by atoms with Gasteiger partial charge in [-0.15, -0.1) is 5.73 Å². The third-order valence-corrected chi connectivity index (χ3v) is 22.0. The van der Waals surface area contributed by atoms with E-state index in [2.05, 4.69) is 339 Å². The molecule has 4 aromatic heterocycles. The highest BCUT2D eigenvalue weighted by Crippen LogP contribution is 2.60. The summed E-state index contributed by atoms with van der Waals surface area (Å²) in [5, 5.41) is 8.35. The molecule has 101 heavy (non-hydrogen) atoms. The minimum atomic E-state index is -0.182. The zero-order chi connectivity index (χ0) is 71.9. The number of furan rings is 4. The number of rotatable bonds is 2. The largest absolute Gasteiger partial charge is 0.455 e. The fourth-order valence-electron chi connectivity index (χ4n) is 15.6. The van der Waals surface area contributed by atoms with Gasteiger partial charge in [0.1, 0.15) is 44.7 Å². The van der Waals surface area contributed by atoms with Gasteiger partial charge >= 0.3 is 0 Å². The Morgan fingerprint density at radius 3 is 0.624 bits per heavy atom. The van der Waals surface area contributed by atoms with E-state index in [1.807, 2.05) is 0 Å². The minimum Gasteiger partial charge on any atom is -0.455 e. The summed E-state index contributed by atoms with van der Waals surface area (Å²) in [7, 11) is 0. The van der Waals surface area contributed by atoms with Crippen molar-refractivity contribution in [3.05, 3.63) is 230 Å². The Labute approximate surface area is 596 Å². The van der Waals surface area contributed by atoms with Gasteiger partial charge in [-0.1, -0.05) is 203 Å². The van der Waals surface area contributed by atoms with Gasteiger partial charge in [0.15, 0.2) is 0 Å². The molecule has 0 amide bonds. The SMILES string of the molecule is CC(C)(C)c1cc(N2c3ccc4c(oc5ccc(C(C)(C)C)cc54)c3C(=C=C3c4c(ccc5c4oc4ccc(C(C)(C)C)cc45)N(c4cc(C(C)(C)C)cc(C(C)(C)C)c4)c4ccc5c(oc6ccc(C(C)(C)C)cc65)c43)c3c2ccc2c3oc3ccc(C(C)(C)C)cc32)cc(C(C)(C)C)c1.